The molecule has 0 radical (unpaired) electrons. The number of aromatic amines is 1. The van der Waals surface area contributed by atoms with Crippen molar-refractivity contribution in [1.82, 2.24) is 19.5 Å². The first-order valence-electron chi connectivity index (χ1n) is 5.59. The molecular formula is C11H12N4O2S. The standard InChI is InChI=1S/C11H12N4O2S/c16-18(17,10-2-1-4-12-7-10)15-5-3-11-9(8-15)6-13-14-11/h1-2,4,6-7H,3,5,8H2,(H,13,14). The van der Waals surface area contributed by atoms with Crippen LogP contribution in [-0.2, 0) is 23.0 Å². The molecule has 0 unspecified atom stereocenters. The zero-order chi connectivity index (χ0) is 12.6. The van der Waals surface area contributed by atoms with Gasteiger partial charge in [-0.2, -0.15) is 9.40 Å². The molecule has 1 aliphatic heterocycles. The Morgan fingerprint density at radius 3 is 3.00 bits per heavy atom. The van der Waals surface area contributed by atoms with Crippen molar-refractivity contribution in [1.29, 1.82) is 0 Å². The lowest BCUT2D eigenvalue weighted by atomic mass is 10.1. The van der Waals surface area contributed by atoms with Crippen LogP contribution >= 0.6 is 0 Å². The first-order chi connectivity index (χ1) is 8.68. The van der Waals surface area contributed by atoms with Crippen molar-refractivity contribution in [2.45, 2.75) is 17.9 Å². The summed E-state index contributed by atoms with van der Waals surface area (Å²) < 4.78 is 26.2. The lowest BCUT2D eigenvalue weighted by Gasteiger charge is -2.25. The molecule has 0 fully saturated rings. The van der Waals surface area contributed by atoms with Crippen LogP contribution in [0.2, 0.25) is 0 Å². The number of nitrogens with one attached hydrogen (secondary N) is 1. The third-order valence-electron chi connectivity index (χ3n) is 3.04. The third-order valence-corrected chi connectivity index (χ3v) is 4.87. The normalized spacial score (nSPS) is 16.4. The number of sulfonamides is 1. The highest BCUT2D eigenvalue weighted by atomic mass is 32.2. The minimum absolute atomic E-state index is 0.233. The Bertz CT molecular complexity index is 651. The van der Waals surface area contributed by atoms with Gasteiger partial charge in [-0.1, -0.05) is 0 Å². The molecule has 2 aromatic rings. The molecule has 94 valence electrons. The summed E-state index contributed by atoms with van der Waals surface area (Å²) in [7, 11) is -3.45. The first kappa shape index (κ1) is 11.4. The number of nitrogens with zero attached hydrogens (tertiary/aromatic N) is 3. The van der Waals surface area contributed by atoms with Crippen molar-refractivity contribution in [2.24, 2.45) is 0 Å². The Hall–Kier alpha value is -1.73. The Labute approximate surface area is 105 Å². The highest BCUT2D eigenvalue weighted by molar-refractivity contribution is 7.89. The maximum atomic E-state index is 12.4. The number of fused-ring (bicyclic) bond motifs is 1. The Morgan fingerprint density at radius 2 is 2.22 bits per heavy atom. The maximum absolute atomic E-state index is 12.4. The van der Waals surface area contributed by atoms with Crippen molar-refractivity contribution in [3.8, 4) is 0 Å². The van der Waals surface area contributed by atoms with Crippen LogP contribution in [0.25, 0.3) is 0 Å². The summed E-state index contributed by atoms with van der Waals surface area (Å²) in [6.07, 6.45) is 5.28. The zero-order valence-electron chi connectivity index (χ0n) is 9.57. The molecule has 18 heavy (non-hydrogen) atoms. The van der Waals surface area contributed by atoms with E-state index in [9.17, 15) is 8.42 Å². The van der Waals surface area contributed by atoms with Gasteiger partial charge in [0, 0.05) is 43.2 Å². The van der Waals surface area contributed by atoms with Crippen molar-refractivity contribution in [3.63, 3.8) is 0 Å². The molecule has 0 aromatic carbocycles. The molecule has 0 atom stereocenters. The Morgan fingerprint density at radius 1 is 1.33 bits per heavy atom. The van der Waals surface area contributed by atoms with Gasteiger partial charge in [0.05, 0.1) is 6.20 Å². The summed E-state index contributed by atoms with van der Waals surface area (Å²) in [5.41, 5.74) is 1.96. The van der Waals surface area contributed by atoms with Crippen molar-refractivity contribution >= 4 is 10.0 Å². The van der Waals surface area contributed by atoms with Gasteiger partial charge < -0.3 is 0 Å². The van der Waals surface area contributed by atoms with E-state index in [-0.39, 0.29) is 4.90 Å². The smallest absolute Gasteiger partial charge is 0.244 e. The van der Waals surface area contributed by atoms with Gasteiger partial charge in [-0.05, 0) is 12.1 Å². The van der Waals surface area contributed by atoms with E-state index in [0.717, 1.165) is 11.3 Å². The van der Waals surface area contributed by atoms with E-state index < -0.39 is 10.0 Å². The second-order valence-electron chi connectivity index (χ2n) is 4.15. The van der Waals surface area contributed by atoms with Crippen LogP contribution in [0.4, 0.5) is 0 Å². The number of rotatable bonds is 2. The molecule has 0 bridgehead atoms. The Balaban J connectivity index is 1.93. The van der Waals surface area contributed by atoms with Crippen LogP contribution < -0.4 is 0 Å². The summed E-state index contributed by atoms with van der Waals surface area (Å²) in [6.45, 7) is 0.829. The molecule has 0 amide bonds. The van der Waals surface area contributed by atoms with Gasteiger partial charge >= 0.3 is 0 Å². The molecule has 0 saturated heterocycles. The molecule has 1 aliphatic rings. The van der Waals surface area contributed by atoms with E-state index in [1.807, 2.05) is 0 Å². The van der Waals surface area contributed by atoms with E-state index in [2.05, 4.69) is 15.2 Å². The topological polar surface area (TPSA) is 79.0 Å². The average Bonchev–Trinajstić information content (AvgIpc) is 2.87. The Kier molecular flexibility index (Phi) is 2.64. The number of pyridine rings is 1. The van der Waals surface area contributed by atoms with Gasteiger partial charge in [-0.15, -0.1) is 0 Å². The largest absolute Gasteiger partial charge is 0.282 e. The predicted octanol–water partition coefficient (Wildman–Crippen LogP) is 0.552. The maximum Gasteiger partial charge on any atom is 0.244 e. The van der Waals surface area contributed by atoms with E-state index in [0.29, 0.717) is 19.5 Å². The van der Waals surface area contributed by atoms with Crippen LogP contribution in [0.3, 0.4) is 0 Å². The molecule has 3 rings (SSSR count). The highest BCUT2D eigenvalue weighted by Gasteiger charge is 2.29. The number of H-pyrrole nitrogens is 1. The van der Waals surface area contributed by atoms with Crippen LogP contribution in [0.15, 0.2) is 35.6 Å². The second-order valence-corrected chi connectivity index (χ2v) is 6.09. The third kappa shape index (κ3) is 1.81. The van der Waals surface area contributed by atoms with E-state index in [1.54, 1.807) is 24.5 Å². The van der Waals surface area contributed by atoms with Gasteiger partial charge in [0.2, 0.25) is 10.0 Å². The van der Waals surface area contributed by atoms with Crippen molar-refractivity contribution in [3.05, 3.63) is 42.0 Å². The van der Waals surface area contributed by atoms with Gasteiger partial charge in [0.1, 0.15) is 4.90 Å². The molecule has 0 saturated carbocycles. The van der Waals surface area contributed by atoms with Gasteiger partial charge in [-0.3, -0.25) is 10.1 Å². The number of hydrogen-bond donors (Lipinski definition) is 1. The SMILES string of the molecule is O=S(=O)(c1cccnc1)N1CCc2[nH]ncc2C1. The molecule has 7 heteroatoms. The van der Waals surface area contributed by atoms with Crippen LogP contribution in [0, 0.1) is 0 Å². The fraction of sp³-hybridized carbons (Fsp3) is 0.273. The molecule has 2 aromatic heterocycles. The van der Waals surface area contributed by atoms with Gasteiger partial charge in [-0.25, -0.2) is 8.42 Å². The summed E-state index contributed by atoms with van der Waals surface area (Å²) in [4.78, 5) is 4.09. The molecule has 3 heterocycles. The van der Waals surface area contributed by atoms with Crippen LogP contribution in [-0.4, -0.2) is 34.4 Å². The van der Waals surface area contributed by atoms with E-state index in [4.69, 9.17) is 0 Å². The minimum atomic E-state index is -3.45. The molecule has 0 aliphatic carbocycles. The minimum Gasteiger partial charge on any atom is -0.282 e. The summed E-state index contributed by atoms with van der Waals surface area (Å²) >= 11 is 0. The van der Waals surface area contributed by atoms with Crippen LogP contribution in [0.1, 0.15) is 11.3 Å². The predicted molar refractivity (Wildman–Crippen MR) is 64.1 cm³/mol. The zero-order valence-corrected chi connectivity index (χ0v) is 10.4. The quantitative estimate of drug-likeness (QED) is 0.859. The summed E-state index contributed by atoms with van der Waals surface area (Å²) in [5.74, 6) is 0. The average molecular weight is 264 g/mol. The molecule has 6 nitrogen and oxygen atoms in total. The molecule has 1 N–H and O–H groups in total. The lowest BCUT2D eigenvalue weighted by Crippen LogP contribution is -2.35. The monoisotopic (exact) mass is 264 g/mol. The number of hydrogen-bond acceptors (Lipinski definition) is 4. The fourth-order valence-corrected chi connectivity index (χ4v) is 3.43. The van der Waals surface area contributed by atoms with E-state index in [1.165, 1.54) is 10.5 Å². The molecular weight excluding hydrogens is 252 g/mol. The van der Waals surface area contributed by atoms with Crippen molar-refractivity contribution in [2.75, 3.05) is 6.54 Å². The second kappa shape index (κ2) is 4.18. The highest BCUT2D eigenvalue weighted by Crippen LogP contribution is 2.22. The van der Waals surface area contributed by atoms with Crippen LogP contribution in [0.5, 0.6) is 0 Å². The molecule has 0 spiro atoms. The summed E-state index contributed by atoms with van der Waals surface area (Å²) in [6, 6.07) is 3.19. The lowest BCUT2D eigenvalue weighted by molar-refractivity contribution is 0.390. The van der Waals surface area contributed by atoms with E-state index >= 15 is 0 Å². The summed E-state index contributed by atoms with van der Waals surface area (Å²) in [5, 5.41) is 6.82. The van der Waals surface area contributed by atoms with Gasteiger partial charge in [0.15, 0.2) is 0 Å². The first-order valence-corrected chi connectivity index (χ1v) is 7.03. The number of aromatic nitrogens is 3. The van der Waals surface area contributed by atoms with Crippen molar-refractivity contribution < 1.29 is 8.42 Å². The fourth-order valence-electron chi connectivity index (χ4n) is 2.05. The van der Waals surface area contributed by atoms with Gasteiger partial charge in [0.25, 0.3) is 0 Å².